The summed E-state index contributed by atoms with van der Waals surface area (Å²) in [6.45, 7) is 0.177. The average Bonchev–Trinajstić information content (AvgIpc) is 2.35. The third-order valence-corrected chi connectivity index (χ3v) is 2.63. The molecule has 0 fully saturated rings. The van der Waals surface area contributed by atoms with Gasteiger partial charge in [-0.2, -0.15) is 0 Å². The highest BCUT2D eigenvalue weighted by Crippen LogP contribution is 2.28. The zero-order valence-corrected chi connectivity index (χ0v) is 9.80. The Bertz CT molecular complexity index is 598. The van der Waals surface area contributed by atoms with Gasteiger partial charge in [0.15, 0.2) is 0 Å². The van der Waals surface area contributed by atoms with Crippen LogP contribution < -0.4 is 15.8 Å². The molecule has 1 aromatic carbocycles. The summed E-state index contributed by atoms with van der Waals surface area (Å²) in [5.74, 6) is 1.000. The summed E-state index contributed by atoms with van der Waals surface area (Å²) in [6.07, 6.45) is 0.532. The van der Waals surface area contributed by atoms with E-state index in [9.17, 15) is 4.79 Å². The van der Waals surface area contributed by atoms with E-state index in [2.05, 4.69) is 10.3 Å². The first-order chi connectivity index (χ1) is 8.61. The minimum atomic E-state index is -1.08. The van der Waals surface area contributed by atoms with E-state index in [1.807, 2.05) is 12.1 Å². The van der Waals surface area contributed by atoms with E-state index in [1.54, 1.807) is 12.3 Å². The van der Waals surface area contributed by atoms with Crippen molar-refractivity contribution in [1.82, 2.24) is 10.3 Å². The number of methoxy groups -OCH3 is 1. The van der Waals surface area contributed by atoms with Gasteiger partial charge in [-0.15, -0.1) is 0 Å². The quantitative estimate of drug-likeness (QED) is 0.765. The van der Waals surface area contributed by atoms with Crippen LogP contribution in [0.4, 0.5) is 10.6 Å². The number of ether oxygens (including phenoxy) is 1. The second kappa shape index (κ2) is 4.79. The first-order valence-electron chi connectivity index (χ1n) is 5.29. The van der Waals surface area contributed by atoms with Gasteiger partial charge in [0.1, 0.15) is 11.6 Å². The van der Waals surface area contributed by atoms with E-state index >= 15 is 0 Å². The van der Waals surface area contributed by atoms with E-state index in [-0.39, 0.29) is 6.54 Å². The molecule has 94 valence electrons. The Labute approximate surface area is 103 Å². The number of hydrogen-bond acceptors (Lipinski definition) is 4. The average molecular weight is 247 g/mol. The largest absolute Gasteiger partial charge is 0.496 e. The Kier molecular flexibility index (Phi) is 3.18. The van der Waals surface area contributed by atoms with Gasteiger partial charge in [0.05, 0.1) is 7.11 Å². The molecule has 0 radical (unpaired) electrons. The zero-order valence-electron chi connectivity index (χ0n) is 9.80. The maximum Gasteiger partial charge on any atom is 0.404 e. The summed E-state index contributed by atoms with van der Waals surface area (Å²) in [5, 5.41) is 12.6. The van der Waals surface area contributed by atoms with Gasteiger partial charge in [-0.25, -0.2) is 9.78 Å². The Morgan fingerprint density at radius 2 is 2.33 bits per heavy atom. The van der Waals surface area contributed by atoms with Crippen molar-refractivity contribution in [3.63, 3.8) is 0 Å². The molecule has 0 saturated heterocycles. The first-order valence-corrected chi connectivity index (χ1v) is 5.29. The molecule has 6 heteroatoms. The van der Waals surface area contributed by atoms with Crippen LogP contribution in [0, 0.1) is 0 Å². The molecular weight excluding hydrogens is 234 g/mol. The van der Waals surface area contributed by atoms with Crippen LogP contribution in [0.15, 0.2) is 24.4 Å². The number of carbonyl (C=O) groups is 1. The van der Waals surface area contributed by atoms with Crippen LogP contribution in [0.1, 0.15) is 5.56 Å². The predicted octanol–water partition coefficient (Wildman–Crippen LogP) is 1.59. The molecule has 1 aromatic heterocycles. The number of nitrogen functional groups attached to an aromatic ring is 1. The molecule has 2 rings (SSSR count). The fourth-order valence-electron chi connectivity index (χ4n) is 1.77. The Morgan fingerprint density at radius 3 is 3.00 bits per heavy atom. The maximum atomic E-state index is 10.5. The second-order valence-electron chi connectivity index (χ2n) is 3.74. The normalized spacial score (nSPS) is 10.3. The number of aromatic nitrogens is 1. The lowest BCUT2D eigenvalue weighted by atomic mass is 10.1. The summed E-state index contributed by atoms with van der Waals surface area (Å²) in [4.78, 5) is 14.5. The van der Waals surface area contributed by atoms with Crippen LogP contribution >= 0.6 is 0 Å². The van der Waals surface area contributed by atoms with Crippen molar-refractivity contribution < 1.29 is 14.6 Å². The number of hydrogen-bond donors (Lipinski definition) is 3. The van der Waals surface area contributed by atoms with Crippen molar-refractivity contribution in [2.75, 3.05) is 12.8 Å². The highest BCUT2D eigenvalue weighted by atomic mass is 16.5. The van der Waals surface area contributed by atoms with Gasteiger partial charge in [-0.3, -0.25) is 0 Å². The van der Waals surface area contributed by atoms with E-state index < -0.39 is 6.09 Å². The number of amides is 1. The van der Waals surface area contributed by atoms with Crippen molar-refractivity contribution in [2.24, 2.45) is 0 Å². The fraction of sp³-hybridized carbons (Fsp3) is 0.167. The smallest absolute Gasteiger partial charge is 0.404 e. The molecule has 0 saturated carbocycles. The molecule has 1 heterocycles. The Hall–Kier alpha value is -2.50. The van der Waals surface area contributed by atoms with Crippen molar-refractivity contribution in [2.45, 2.75) is 6.54 Å². The van der Waals surface area contributed by atoms with E-state index in [4.69, 9.17) is 15.6 Å². The molecule has 0 bridgehead atoms. The van der Waals surface area contributed by atoms with Crippen LogP contribution in [-0.2, 0) is 6.54 Å². The van der Waals surface area contributed by atoms with Crippen molar-refractivity contribution >= 4 is 22.7 Å². The molecule has 0 atom stereocenters. The number of carboxylic acid groups (broad SMARTS) is 1. The number of nitrogens with zero attached hydrogens (tertiary/aromatic N) is 1. The lowest BCUT2D eigenvalue weighted by Gasteiger charge is -2.11. The van der Waals surface area contributed by atoms with Gasteiger partial charge >= 0.3 is 6.09 Å². The SMILES string of the molecule is COc1cc2c(N)nccc2cc1CNC(=O)O. The maximum absolute atomic E-state index is 10.5. The predicted molar refractivity (Wildman–Crippen MR) is 67.6 cm³/mol. The van der Waals surface area contributed by atoms with Crippen LogP contribution in [0.2, 0.25) is 0 Å². The minimum Gasteiger partial charge on any atom is -0.496 e. The molecule has 0 aliphatic rings. The van der Waals surface area contributed by atoms with Crippen molar-refractivity contribution in [3.05, 3.63) is 30.0 Å². The zero-order chi connectivity index (χ0) is 13.1. The van der Waals surface area contributed by atoms with Crippen LogP contribution in [-0.4, -0.2) is 23.3 Å². The van der Waals surface area contributed by atoms with Crippen LogP contribution in [0.3, 0.4) is 0 Å². The molecule has 0 aliphatic heterocycles. The molecule has 0 aliphatic carbocycles. The molecule has 2 aromatic rings. The lowest BCUT2D eigenvalue weighted by Crippen LogP contribution is -2.20. The van der Waals surface area contributed by atoms with Crippen molar-refractivity contribution in [3.8, 4) is 5.75 Å². The highest BCUT2D eigenvalue weighted by Gasteiger charge is 2.08. The standard InChI is InChI=1S/C12H13N3O3/c1-18-10-5-9-7(2-3-14-11(9)13)4-8(10)6-15-12(16)17/h2-5,15H,6H2,1H3,(H2,13,14)(H,16,17). The first kappa shape index (κ1) is 12.0. The third kappa shape index (κ3) is 2.27. The number of benzene rings is 1. The van der Waals surface area contributed by atoms with Gasteiger partial charge in [0.2, 0.25) is 0 Å². The van der Waals surface area contributed by atoms with Gasteiger partial charge < -0.3 is 20.9 Å². The fourth-order valence-corrected chi connectivity index (χ4v) is 1.77. The van der Waals surface area contributed by atoms with Gasteiger partial charge in [0.25, 0.3) is 0 Å². The second-order valence-corrected chi connectivity index (χ2v) is 3.74. The minimum absolute atomic E-state index is 0.177. The molecule has 6 nitrogen and oxygen atoms in total. The molecule has 0 spiro atoms. The number of nitrogens with two attached hydrogens (primary N) is 1. The number of rotatable bonds is 3. The molecule has 0 unspecified atom stereocenters. The van der Waals surface area contributed by atoms with Gasteiger partial charge in [-0.05, 0) is 23.6 Å². The van der Waals surface area contributed by atoms with Gasteiger partial charge in [-0.1, -0.05) is 0 Å². The van der Waals surface area contributed by atoms with Crippen molar-refractivity contribution in [1.29, 1.82) is 0 Å². The molecule has 4 N–H and O–H groups in total. The number of pyridine rings is 1. The topological polar surface area (TPSA) is 97.5 Å². The lowest BCUT2D eigenvalue weighted by molar-refractivity contribution is 0.194. The van der Waals surface area contributed by atoms with Crippen LogP contribution in [0.5, 0.6) is 5.75 Å². The van der Waals surface area contributed by atoms with E-state index in [0.717, 1.165) is 16.3 Å². The van der Waals surface area contributed by atoms with E-state index in [0.29, 0.717) is 11.6 Å². The summed E-state index contributed by atoms with van der Waals surface area (Å²) >= 11 is 0. The van der Waals surface area contributed by atoms with Gasteiger partial charge in [0, 0.05) is 23.7 Å². The van der Waals surface area contributed by atoms with Crippen LogP contribution in [0.25, 0.3) is 10.8 Å². The summed E-state index contributed by atoms with van der Waals surface area (Å²) < 4.78 is 5.22. The third-order valence-electron chi connectivity index (χ3n) is 2.63. The molecular formula is C12H13N3O3. The monoisotopic (exact) mass is 247 g/mol. The number of fused-ring (bicyclic) bond motifs is 1. The highest BCUT2D eigenvalue weighted by molar-refractivity contribution is 5.92. The summed E-state index contributed by atoms with van der Waals surface area (Å²) in [7, 11) is 1.53. The molecule has 18 heavy (non-hydrogen) atoms. The Morgan fingerprint density at radius 1 is 1.56 bits per heavy atom. The summed E-state index contributed by atoms with van der Waals surface area (Å²) in [5.41, 5.74) is 6.52. The Balaban J connectivity index is 2.49. The number of anilines is 1. The summed E-state index contributed by atoms with van der Waals surface area (Å²) in [6, 6.07) is 5.41. The number of nitrogens with one attached hydrogen (secondary N) is 1. The van der Waals surface area contributed by atoms with E-state index in [1.165, 1.54) is 7.11 Å². The molecule has 1 amide bonds.